The molecule has 0 saturated heterocycles. The number of nitrogens with one attached hydrogen (secondary N) is 1. The van der Waals surface area contributed by atoms with Gasteiger partial charge in [0.25, 0.3) is 0 Å². The molecule has 0 atom stereocenters. The van der Waals surface area contributed by atoms with Gasteiger partial charge >= 0.3 is 0 Å². The summed E-state index contributed by atoms with van der Waals surface area (Å²) in [5.41, 5.74) is 0. The van der Waals surface area contributed by atoms with E-state index in [-0.39, 0.29) is 0 Å². The summed E-state index contributed by atoms with van der Waals surface area (Å²) in [5, 5.41) is 4.17. The van der Waals surface area contributed by atoms with Crippen LogP contribution in [0.25, 0.3) is 0 Å². The zero-order valence-corrected chi connectivity index (χ0v) is 10.7. The Bertz CT molecular complexity index is 340. The summed E-state index contributed by atoms with van der Waals surface area (Å²) in [6, 6.07) is 2.53. The van der Waals surface area contributed by atoms with Gasteiger partial charge in [0.2, 0.25) is 0 Å². The van der Waals surface area contributed by atoms with Crippen molar-refractivity contribution in [2.24, 2.45) is 0 Å². The van der Waals surface area contributed by atoms with Crippen molar-refractivity contribution in [1.82, 2.24) is 10.3 Å². The normalized spacial score (nSPS) is 16.3. The molecule has 1 aliphatic rings. The molecule has 1 heterocycles. The molecule has 1 fully saturated rings. The van der Waals surface area contributed by atoms with Crippen molar-refractivity contribution in [2.75, 3.05) is 13.2 Å². The summed E-state index contributed by atoms with van der Waals surface area (Å²) in [6.45, 7) is 1.74. The number of aromatic nitrogens is 1. The van der Waals surface area contributed by atoms with Crippen LogP contribution < -0.4 is 10.1 Å². The first-order chi connectivity index (χ1) is 8.34. The summed E-state index contributed by atoms with van der Waals surface area (Å²) >= 11 is 5.82. The van der Waals surface area contributed by atoms with Gasteiger partial charge in [-0.2, -0.15) is 0 Å². The standard InChI is InChI=1S/C13H19ClN2O/c14-11-8-13(10-15-9-11)17-7-3-6-16-12-4-1-2-5-12/h8-10,12,16H,1-7H2. The van der Waals surface area contributed by atoms with E-state index in [0.29, 0.717) is 11.6 Å². The van der Waals surface area contributed by atoms with E-state index < -0.39 is 0 Å². The van der Waals surface area contributed by atoms with E-state index in [4.69, 9.17) is 16.3 Å². The molecule has 0 aromatic carbocycles. The second-order valence-electron chi connectivity index (χ2n) is 4.48. The number of nitrogens with zero attached hydrogens (tertiary/aromatic N) is 1. The molecule has 0 aliphatic heterocycles. The maximum atomic E-state index is 5.82. The smallest absolute Gasteiger partial charge is 0.139 e. The maximum absolute atomic E-state index is 5.82. The second-order valence-corrected chi connectivity index (χ2v) is 4.91. The van der Waals surface area contributed by atoms with Crippen LogP contribution in [0.5, 0.6) is 5.75 Å². The van der Waals surface area contributed by atoms with Gasteiger partial charge in [-0.1, -0.05) is 24.4 Å². The van der Waals surface area contributed by atoms with Crippen molar-refractivity contribution in [2.45, 2.75) is 38.1 Å². The molecule has 0 amide bonds. The Morgan fingerprint density at radius 2 is 2.18 bits per heavy atom. The molecular weight excluding hydrogens is 236 g/mol. The molecule has 0 radical (unpaired) electrons. The van der Waals surface area contributed by atoms with Crippen molar-refractivity contribution >= 4 is 11.6 Å². The Hall–Kier alpha value is -0.800. The van der Waals surface area contributed by atoms with Gasteiger partial charge in [0, 0.05) is 18.3 Å². The maximum Gasteiger partial charge on any atom is 0.139 e. The first kappa shape index (κ1) is 12.7. The van der Waals surface area contributed by atoms with Crippen LogP contribution in [0, 0.1) is 0 Å². The fourth-order valence-corrected chi connectivity index (χ4v) is 2.33. The van der Waals surface area contributed by atoms with Crippen LogP contribution in [-0.2, 0) is 0 Å². The van der Waals surface area contributed by atoms with Crippen LogP contribution in [0.1, 0.15) is 32.1 Å². The molecular formula is C13H19ClN2O. The summed E-state index contributed by atoms with van der Waals surface area (Å²) in [7, 11) is 0. The number of ether oxygens (including phenoxy) is 1. The van der Waals surface area contributed by atoms with E-state index in [9.17, 15) is 0 Å². The minimum absolute atomic E-state index is 0.617. The van der Waals surface area contributed by atoms with Gasteiger partial charge in [-0.25, -0.2) is 0 Å². The largest absolute Gasteiger partial charge is 0.492 e. The zero-order valence-electron chi connectivity index (χ0n) is 9.99. The Balaban J connectivity index is 1.56. The van der Waals surface area contributed by atoms with Gasteiger partial charge in [-0.3, -0.25) is 4.98 Å². The third-order valence-corrected chi connectivity index (χ3v) is 3.26. The van der Waals surface area contributed by atoms with Gasteiger partial charge in [0.1, 0.15) is 5.75 Å². The SMILES string of the molecule is Clc1cncc(OCCCNC2CCCC2)c1. The van der Waals surface area contributed by atoms with E-state index in [0.717, 1.165) is 24.8 Å². The van der Waals surface area contributed by atoms with Crippen molar-refractivity contribution in [3.63, 3.8) is 0 Å². The van der Waals surface area contributed by atoms with E-state index in [1.807, 2.05) is 0 Å². The fraction of sp³-hybridized carbons (Fsp3) is 0.615. The van der Waals surface area contributed by atoms with Crippen molar-refractivity contribution in [3.05, 3.63) is 23.5 Å². The summed E-state index contributed by atoms with van der Waals surface area (Å²) in [5.74, 6) is 0.748. The molecule has 2 rings (SSSR count). The molecule has 3 nitrogen and oxygen atoms in total. The summed E-state index contributed by atoms with van der Waals surface area (Å²) < 4.78 is 5.56. The third-order valence-electron chi connectivity index (χ3n) is 3.06. The van der Waals surface area contributed by atoms with Gasteiger partial charge in [-0.05, 0) is 25.8 Å². The lowest BCUT2D eigenvalue weighted by molar-refractivity contribution is 0.303. The van der Waals surface area contributed by atoms with Crippen LogP contribution in [-0.4, -0.2) is 24.2 Å². The lowest BCUT2D eigenvalue weighted by Crippen LogP contribution is -2.27. The van der Waals surface area contributed by atoms with Gasteiger partial charge in [-0.15, -0.1) is 0 Å². The Morgan fingerprint density at radius 3 is 2.94 bits per heavy atom. The molecule has 1 aromatic rings. The predicted molar refractivity (Wildman–Crippen MR) is 69.6 cm³/mol. The van der Waals surface area contributed by atoms with E-state index in [1.54, 1.807) is 18.5 Å². The fourth-order valence-electron chi connectivity index (χ4n) is 2.17. The van der Waals surface area contributed by atoms with E-state index in [2.05, 4.69) is 10.3 Å². The highest BCUT2D eigenvalue weighted by atomic mass is 35.5. The summed E-state index contributed by atoms with van der Waals surface area (Å²) in [6.07, 6.45) is 9.73. The van der Waals surface area contributed by atoms with Crippen molar-refractivity contribution in [3.8, 4) is 5.75 Å². The second kappa shape index (κ2) is 6.82. The van der Waals surface area contributed by atoms with Gasteiger partial charge in [0.05, 0.1) is 17.8 Å². The van der Waals surface area contributed by atoms with Crippen molar-refractivity contribution < 1.29 is 4.74 Å². The lowest BCUT2D eigenvalue weighted by atomic mass is 10.2. The Labute approximate surface area is 108 Å². The first-order valence-electron chi connectivity index (χ1n) is 6.31. The number of pyridine rings is 1. The van der Waals surface area contributed by atoms with Crippen LogP contribution in [0.4, 0.5) is 0 Å². The molecule has 4 heteroatoms. The quantitative estimate of drug-likeness (QED) is 0.793. The number of halogens is 1. The van der Waals surface area contributed by atoms with Crippen molar-refractivity contribution in [1.29, 1.82) is 0 Å². The highest BCUT2D eigenvalue weighted by molar-refractivity contribution is 6.30. The van der Waals surface area contributed by atoms with Gasteiger partial charge in [0.15, 0.2) is 0 Å². The Morgan fingerprint density at radius 1 is 1.35 bits per heavy atom. The number of hydrogen-bond acceptors (Lipinski definition) is 3. The molecule has 0 spiro atoms. The molecule has 1 N–H and O–H groups in total. The monoisotopic (exact) mass is 254 g/mol. The van der Waals surface area contributed by atoms with Gasteiger partial charge < -0.3 is 10.1 Å². The topological polar surface area (TPSA) is 34.1 Å². The number of rotatable bonds is 6. The molecule has 1 aromatic heterocycles. The van der Waals surface area contributed by atoms with E-state index in [1.165, 1.54) is 25.7 Å². The first-order valence-corrected chi connectivity index (χ1v) is 6.69. The molecule has 1 aliphatic carbocycles. The molecule has 0 bridgehead atoms. The highest BCUT2D eigenvalue weighted by Gasteiger charge is 2.13. The third kappa shape index (κ3) is 4.52. The minimum atomic E-state index is 0.617. The molecule has 1 saturated carbocycles. The van der Waals surface area contributed by atoms with Crippen LogP contribution >= 0.6 is 11.6 Å². The van der Waals surface area contributed by atoms with Crippen LogP contribution in [0.2, 0.25) is 5.02 Å². The van der Waals surface area contributed by atoms with Crippen LogP contribution in [0.3, 0.4) is 0 Å². The molecule has 17 heavy (non-hydrogen) atoms. The highest BCUT2D eigenvalue weighted by Crippen LogP contribution is 2.17. The average molecular weight is 255 g/mol. The lowest BCUT2D eigenvalue weighted by Gasteiger charge is -2.11. The molecule has 0 unspecified atom stereocenters. The summed E-state index contributed by atoms with van der Waals surface area (Å²) in [4.78, 5) is 3.97. The minimum Gasteiger partial charge on any atom is -0.492 e. The van der Waals surface area contributed by atoms with Crippen LogP contribution in [0.15, 0.2) is 18.5 Å². The Kier molecular flexibility index (Phi) is 5.08. The zero-order chi connectivity index (χ0) is 11.9. The van der Waals surface area contributed by atoms with E-state index >= 15 is 0 Å². The predicted octanol–water partition coefficient (Wildman–Crippen LogP) is 3.04. The molecule has 94 valence electrons. The average Bonchev–Trinajstić information content (AvgIpc) is 2.82. The number of hydrogen-bond donors (Lipinski definition) is 1.